The van der Waals surface area contributed by atoms with Gasteiger partial charge < -0.3 is 20.2 Å². The summed E-state index contributed by atoms with van der Waals surface area (Å²) < 4.78 is 20.3. The third-order valence-corrected chi connectivity index (χ3v) is 7.27. The molecule has 0 saturated carbocycles. The Morgan fingerprint density at radius 1 is 1.09 bits per heavy atom. The molecule has 0 bridgehead atoms. The highest BCUT2D eigenvalue weighted by atomic mass is 19.1. The fourth-order valence-corrected chi connectivity index (χ4v) is 5.65. The Morgan fingerprint density at radius 2 is 1.83 bits per heavy atom. The third-order valence-electron chi connectivity index (χ3n) is 7.27. The van der Waals surface area contributed by atoms with Crippen molar-refractivity contribution in [3.63, 3.8) is 0 Å². The number of hydrogen-bond acceptors (Lipinski definition) is 4. The van der Waals surface area contributed by atoms with E-state index in [1.165, 1.54) is 30.6 Å². The standard InChI is InChI=1S/C27H26FN3O4/c1-35-24-23(29-25(32)18-6-4-8-20(28)16-18)21-9-2-3-10-22(21)27(24)11-14-30(15-12-27)26(33)19-7-5-13-31(34)17-19/h2-10,13,16-17,23-24H,11-12,14-15H2,1H3,(H,29,32)/t23-,24+/m1/s1. The second-order valence-electron chi connectivity index (χ2n) is 9.11. The lowest BCUT2D eigenvalue weighted by atomic mass is 9.71. The summed E-state index contributed by atoms with van der Waals surface area (Å²) in [4.78, 5) is 27.8. The number of amides is 2. The number of rotatable bonds is 4. The first-order valence-corrected chi connectivity index (χ1v) is 11.6. The van der Waals surface area contributed by atoms with E-state index in [0.29, 0.717) is 36.2 Å². The molecule has 5 rings (SSSR count). The maximum atomic E-state index is 13.7. The molecule has 8 heteroatoms. The lowest BCUT2D eigenvalue weighted by Crippen LogP contribution is -2.51. The molecule has 1 aliphatic carbocycles. The number of ether oxygens (including phenoxy) is 1. The topological polar surface area (TPSA) is 85.6 Å². The number of fused-ring (bicyclic) bond motifs is 2. The van der Waals surface area contributed by atoms with Crippen LogP contribution in [0.1, 0.15) is 50.7 Å². The van der Waals surface area contributed by atoms with E-state index in [9.17, 15) is 19.2 Å². The maximum Gasteiger partial charge on any atom is 0.259 e. The van der Waals surface area contributed by atoms with E-state index < -0.39 is 17.3 Å². The van der Waals surface area contributed by atoms with Crippen molar-refractivity contribution in [3.05, 3.63) is 106 Å². The Bertz CT molecular complexity index is 1270. The van der Waals surface area contributed by atoms with E-state index in [1.54, 1.807) is 30.2 Å². The largest absolute Gasteiger partial charge is 0.619 e. The quantitative estimate of drug-likeness (QED) is 0.464. The predicted molar refractivity (Wildman–Crippen MR) is 126 cm³/mol. The van der Waals surface area contributed by atoms with Gasteiger partial charge in [0.2, 0.25) is 0 Å². The molecule has 2 aliphatic rings. The van der Waals surface area contributed by atoms with Crippen LogP contribution in [0.25, 0.3) is 0 Å². The number of aromatic nitrogens is 1. The van der Waals surface area contributed by atoms with Crippen LogP contribution in [0.2, 0.25) is 0 Å². The van der Waals surface area contributed by atoms with Gasteiger partial charge in [-0.05, 0) is 48.2 Å². The molecule has 3 aromatic rings. The van der Waals surface area contributed by atoms with Gasteiger partial charge in [0.05, 0.1) is 12.1 Å². The summed E-state index contributed by atoms with van der Waals surface area (Å²) >= 11 is 0. The number of methoxy groups -OCH3 is 1. The van der Waals surface area contributed by atoms with Gasteiger partial charge in [0.1, 0.15) is 11.4 Å². The van der Waals surface area contributed by atoms with Crippen molar-refractivity contribution in [2.45, 2.75) is 30.4 Å². The molecule has 1 saturated heterocycles. The van der Waals surface area contributed by atoms with Gasteiger partial charge in [-0.1, -0.05) is 30.3 Å². The van der Waals surface area contributed by atoms with Crippen molar-refractivity contribution >= 4 is 11.8 Å². The average molecular weight is 476 g/mol. The van der Waals surface area contributed by atoms with Crippen molar-refractivity contribution in [3.8, 4) is 0 Å². The molecule has 1 N–H and O–H groups in total. The second-order valence-corrected chi connectivity index (χ2v) is 9.11. The summed E-state index contributed by atoms with van der Waals surface area (Å²) in [6.07, 6.45) is 3.57. The van der Waals surface area contributed by atoms with Gasteiger partial charge in [0.15, 0.2) is 12.4 Å². The van der Waals surface area contributed by atoms with Crippen molar-refractivity contribution < 1.29 is 23.4 Å². The minimum Gasteiger partial charge on any atom is -0.619 e. The fourth-order valence-electron chi connectivity index (χ4n) is 5.65. The van der Waals surface area contributed by atoms with Crippen molar-refractivity contribution in [1.29, 1.82) is 0 Å². The SMILES string of the molecule is CO[C@H]1[C@H](NC(=O)c2cccc(F)c2)c2ccccc2C12CCN(C(=O)c1ccc[n+]([O-])c1)CC2. The summed E-state index contributed by atoms with van der Waals surface area (Å²) in [5.41, 5.74) is 2.28. The number of pyridine rings is 1. The lowest BCUT2D eigenvalue weighted by Gasteiger charge is -2.44. The molecular weight excluding hydrogens is 449 g/mol. The average Bonchev–Trinajstić information content (AvgIpc) is 3.12. The molecule has 1 aliphatic heterocycles. The first kappa shape index (κ1) is 23.0. The normalized spacial score (nSPS) is 20.5. The number of nitrogens with one attached hydrogen (secondary N) is 1. The number of nitrogens with zero attached hydrogens (tertiary/aromatic N) is 2. The van der Waals surface area contributed by atoms with Crippen LogP contribution in [0.4, 0.5) is 4.39 Å². The summed E-state index contributed by atoms with van der Waals surface area (Å²) in [5, 5.41) is 14.7. The monoisotopic (exact) mass is 475 g/mol. The van der Waals surface area contributed by atoms with Gasteiger partial charge in [0.25, 0.3) is 11.8 Å². The van der Waals surface area contributed by atoms with Crippen LogP contribution in [-0.4, -0.2) is 43.0 Å². The van der Waals surface area contributed by atoms with E-state index in [0.717, 1.165) is 11.1 Å². The van der Waals surface area contributed by atoms with Crippen molar-refractivity contribution in [2.24, 2.45) is 0 Å². The summed E-state index contributed by atoms with van der Waals surface area (Å²) in [5.74, 6) is -1.02. The van der Waals surface area contributed by atoms with E-state index in [-0.39, 0.29) is 23.5 Å². The Hall–Kier alpha value is -3.78. The predicted octanol–water partition coefficient (Wildman–Crippen LogP) is 3.13. The van der Waals surface area contributed by atoms with Crippen LogP contribution < -0.4 is 10.0 Å². The van der Waals surface area contributed by atoms with E-state index >= 15 is 0 Å². The minimum atomic E-state index is -0.470. The van der Waals surface area contributed by atoms with Crippen molar-refractivity contribution in [2.75, 3.05) is 20.2 Å². The lowest BCUT2D eigenvalue weighted by molar-refractivity contribution is -0.605. The zero-order valence-corrected chi connectivity index (χ0v) is 19.3. The molecule has 1 fully saturated rings. The minimum absolute atomic E-state index is 0.179. The number of hydrogen-bond donors (Lipinski definition) is 1. The van der Waals surface area contributed by atoms with Gasteiger partial charge >= 0.3 is 0 Å². The molecule has 35 heavy (non-hydrogen) atoms. The highest BCUT2D eigenvalue weighted by Crippen LogP contribution is 2.52. The third kappa shape index (κ3) is 4.04. The van der Waals surface area contributed by atoms with Crippen LogP contribution in [0.5, 0.6) is 0 Å². The number of carbonyl (C=O) groups excluding carboxylic acids is 2. The van der Waals surface area contributed by atoms with Gasteiger partial charge in [0, 0.05) is 37.2 Å². The Balaban J connectivity index is 1.41. The Labute approximate surface area is 202 Å². The van der Waals surface area contributed by atoms with Gasteiger partial charge in [-0.3, -0.25) is 9.59 Å². The number of carbonyl (C=O) groups is 2. The molecule has 2 atom stereocenters. The van der Waals surface area contributed by atoms with Crippen LogP contribution in [0, 0.1) is 11.0 Å². The van der Waals surface area contributed by atoms with Gasteiger partial charge in [-0.15, -0.1) is 0 Å². The number of halogens is 1. The smallest absolute Gasteiger partial charge is 0.259 e. The number of likely N-dealkylation sites (tertiary alicyclic amines) is 1. The first-order valence-electron chi connectivity index (χ1n) is 11.6. The molecule has 1 spiro atoms. The van der Waals surface area contributed by atoms with Crippen LogP contribution in [0.3, 0.4) is 0 Å². The summed E-state index contributed by atoms with van der Waals surface area (Å²) in [6, 6.07) is 16.3. The zero-order valence-electron chi connectivity index (χ0n) is 19.3. The molecule has 1 aromatic heterocycles. The van der Waals surface area contributed by atoms with Gasteiger partial charge in [-0.25, -0.2) is 4.39 Å². The van der Waals surface area contributed by atoms with E-state index in [4.69, 9.17) is 4.74 Å². The molecule has 0 unspecified atom stereocenters. The maximum absolute atomic E-state index is 13.7. The van der Waals surface area contributed by atoms with Crippen LogP contribution >= 0.6 is 0 Å². The molecule has 7 nitrogen and oxygen atoms in total. The number of benzene rings is 2. The Kier molecular flexibility index (Phi) is 5.98. The Morgan fingerprint density at radius 3 is 2.54 bits per heavy atom. The molecule has 2 aromatic carbocycles. The molecule has 0 radical (unpaired) electrons. The molecular formula is C27H26FN3O4. The van der Waals surface area contributed by atoms with Crippen LogP contribution in [0.15, 0.2) is 73.1 Å². The first-order chi connectivity index (χ1) is 16.9. The molecule has 2 amide bonds. The van der Waals surface area contributed by atoms with E-state index in [1.807, 2.05) is 18.2 Å². The summed E-state index contributed by atoms with van der Waals surface area (Å²) in [6.45, 7) is 0.983. The van der Waals surface area contributed by atoms with Gasteiger partial charge in [-0.2, -0.15) is 4.73 Å². The molecule has 180 valence electrons. The van der Waals surface area contributed by atoms with E-state index in [2.05, 4.69) is 11.4 Å². The number of piperidine rings is 1. The molecule has 2 heterocycles. The zero-order chi connectivity index (χ0) is 24.6. The van der Waals surface area contributed by atoms with Crippen molar-refractivity contribution in [1.82, 2.24) is 10.2 Å². The second kappa shape index (κ2) is 9.11. The highest BCUT2D eigenvalue weighted by molar-refractivity contribution is 5.95. The fraction of sp³-hybridized carbons (Fsp3) is 0.296. The highest BCUT2D eigenvalue weighted by Gasteiger charge is 2.54. The van der Waals surface area contributed by atoms with Crippen LogP contribution in [-0.2, 0) is 10.2 Å². The summed E-state index contributed by atoms with van der Waals surface area (Å²) in [7, 11) is 1.63.